The Morgan fingerprint density at radius 2 is 1.77 bits per heavy atom. The van der Waals surface area contributed by atoms with Crippen LogP contribution in [0.25, 0.3) is 0 Å². The van der Waals surface area contributed by atoms with Crippen LogP contribution in [0.5, 0.6) is 5.75 Å². The average molecular weight is 395 g/mol. The van der Waals surface area contributed by atoms with Gasteiger partial charge in [0.05, 0.1) is 16.5 Å². The Morgan fingerprint density at radius 1 is 1.04 bits per heavy atom. The minimum atomic E-state index is -0.0312. The van der Waals surface area contributed by atoms with Crippen LogP contribution in [0.15, 0.2) is 42.5 Å². The van der Waals surface area contributed by atoms with E-state index in [2.05, 4.69) is 4.90 Å². The van der Waals surface area contributed by atoms with Crippen LogP contribution in [0, 0.1) is 0 Å². The lowest BCUT2D eigenvalue weighted by Crippen LogP contribution is -2.34. The largest absolute Gasteiger partial charge is 0.508 e. The summed E-state index contributed by atoms with van der Waals surface area (Å²) in [5.74, 6) is 0.111. The van der Waals surface area contributed by atoms with Gasteiger partial charge < -0.3 is 14.9 Å². The molecule has 0 aliphatic rings. The second kappa shape index (κ2) is 9.81. The van der Waals surface area contributed by atoms with Gasteiger partial charge in [-0.15, -0.1) is 0 Å². The number of aromatic hydroxyl groups is 1. The van der Waals surface area contributed by atoms with Crippen molar-refractivity contribution in [3.05, 3.63) is 63.6 Å². The van der Waals surface area contributed by atoms with Crippen LogP contribution in [0.4, 0.5) is 0 Å². The normalized spacial score (nSPS) is 11.0. The van der Waals surface area contributed by atoms with E-state index in [1.54, 1.807) is 35.2 Å². The van der Waals surface area contributed by atoms with Gasteiger partial charge in [0.15, 0.2) is 0 Å². The van der Waals surface area contributed by atoms with Crippen LogP contribution in [0.2, 0.25) is 10.0 Å². The number of phenolic OH excluding ortho intramolecular Hbond substituents is 1. The number of nitrogens with zero attached hydrogens (tertiary/aromatic N) is 2. The van der Waals surface area contributed by atoms with Crippen LogP contribution in [-0.2, 0) is 17.8 Å². The third-order valence-corrected chi connectivity index (χ3v) is 4.82. The first-order valence-corrected chi connectivity index (χ1v) is 9.25. The maximum absolute atomic E-state index is 12.8. The van der Waals surface area contributed by atoms with Crippen molar-refractivity contribution in [3.8, 4) is 5.75 Å². The number of para-hydroxylation sites is 1. The van der Waals surface area contributed by atoms with Crippen LogP contribution in [0.3, 0.4) is 0 Å². The molecule has 1 amide bonds. The van der Waals surface area contributed by atoms with Crippen molar-refractivity contribution < 1.29 is 9.90 Å². The molecule has 0 unspecified atom stereocenters. The number of hydrogen-bond donors (Lipinski definition) is 1. The van der Waals surface area contributed by atoms with Crippen LogP contribution >= 0.6 is 23.2 Å². The molecule has 0 aliphatic heterocycles. The molecule has 2 rings (SSSR count). The van der Waals surface area contributed by atoms with Crippen molar-refractivity contribution in [2.45, 2.75) is 19.4 Å². The quantitative estimate of drug-likeness (QED) is 0.728. The third-order valence-electron chi connectivity index (χ3n) is 4.08. The van der Waals surface area contributed by atoms with Crippen molar-refractivity contribution in [3.63, 3.8) is 0 Å². The van der Waals surface area contributed by atoms with Gasteiger partial charge in [-0.3, -0.25) is 4.79 Å². The number of carbonyl (C=O) groups is 1. The summed E-state index contributed by atoms with van der Waals surface area (Å²) in [5.41, 5.74) is 1.55. The molecule has 2 aromatic rings. The summed E-state index contributed by atoms with van der Waals surface area (Å²) in [6.45, 7) is 1.98. The van der Waals surface area contributed by atoms with Crippen LogP contribution in [-0.4, -0.2) is 48.0 Å². The molecule has 0 aliphatic carbocycles. The van der Waals surface area contributed by atoms with Crippen molar-refractivity contribution in [1.82, 2.24) is 9.80 Å². The number of halogens is 2. The SMILES string of the molecule is CN(C)CCCN(Cc1ccc(Cl)c(Cl)c1)C(=O)Cc1ccccc1O. The van der Waals surface area contributed by atoms with Crippen LogP contribution < -0.4 is 0 Å². The van der Waals surface area contributed by atoms with E-state index >= 15 is 0 Å². The summed E-state index contributed by atoms with van der Waals surface area (Å²) in [6, 6.07) is 12.3. The Morgan fingerprint density at radius 3 is 2.42 bits per heavy atom. The highest BCUT2D eigenvalue weighted by Gasteiger charge is 2.16. The first-order valence-electron chi connectivity index (χ1n) is 8.50. The molecule has 0 radical (unpaired) electrons. The molecule has 6 heteroatoms. The van der Waals surface area contributed by atoms with Crippen molar-refractivity contribution >= 4 is 29.1 Å². The zero-order valence-electron chi connectivity index (χ0n) is 15.1. The van der Waals surface area contributed by atoms with E-state index < -0.39 is 0 Å². The lowest BCUT2D eigenvalue weighted by atomic mass is 10.1. The fourth-order valence-electron chi connectivity index (χ4n) is 2.66. The van der Waals surface area contributed by atoms with Gasteiger partial charge in [0.2, 0.25) is 5.91 Å². The molecule has 0 heterocycles. The zero-order valence-corrected chi connectivity index (χ0v) is 16.6. The minimum Gasteiger partial charge on any atom is -0.508 e. The molecule has 0 spiro atoms. The highest BCUT2D eigenvalue weighted by atomic mass is 35.5. The fourth-order valence-corrected chi connectivity index (χ4v) is 2.98. The predicted octanol–water partition coefficient (Wildman–Crippen LogP) is 4.22. The number of carbonyl (C=O) groups excluding carboxylic acids is 1. The fraction of sp³-hybridized carbons (Fsp3) is 0.350. The maximum atomic E-state index is 12.8. The van der Waals surface area contributed by atoms with Gasteiger partial charge in [-0.2, -0.15) is 0 Å². The van der Waals surface area contributed by atoms with E-state index in [-0.39, 0.29) is 18.1 Å². The molecule has 0 saturated carbocycles. The highest BCUT2D eigenvalue weighted by molar-refractivity contribution is 6.42. The molecule has 4 nitrogen and oxygen atoms in total. The number of benzene rings is 2. The summed E-state index contributed by atoms with van der Waals surface area (Å²) in [4.78, 5) is 16.7. The molecule has 0 atom stereocenters. The van der Waals surface area contributed by atoms with Gasteiger partial charge in [0.25, 0.3) is 0 Å². The Balaban J connectivity index is 2.12. The Kier molecular flexibility index (Phi) is 7.76. The average Bonchev–Trinajstić information content (AvgIpc) is 2.59. The molecular weight excluding hydrogens is 371 g/mol. The number of amides is 1. The van der Waals surface area contributed by atoms with E-state index in [9.17, 15) is 9.90 Å². The van der Waals surface area contributed by atoms with Gasteiger partial charge in [-0.05, 0) is 50.8 Å². The summed E-state index contributed by atoms with van der Waals surface area (Å²) in [5, 5.41) is 10.9. The monoisotopic (exact) mass is 394 g/mol. The highest BCUT2D eigenvalue weighted by Crippen LogP contribution is 2.24. The lowest BCUT2D eigenvalue weighted by molar-refractivity contribution is -0.131. The molecule has 1 N–H and O–H groups in total. The zero-order chi connectivity index (χ0) is 19.1. The minimum absolute atomic E-state index is 0.0312. The van der Waals surface area contributed by atoms with E-state index in [1.165, 1.54) is 0 Å². The number of hydrogen-bond acceptors (Lipinski definition) is 3. The molecule has 0 bridgehead atoms. The Hall–Kier alpha value is -1.75. The third kappa shape index (κ3) is 6.20. The predicted molar refractivity (Wildman–Crippen MR) is 107 cm³/mol. The van der Waals surface area contributed by atoms with E-state index in [1.807, 2.05) is 26.2 Å². The second-order valence-corrected chi connectivity index (χ2v) is 7.34. The second-order valence-electron chi connectivity index (χ2n) is 6.53. The standard InChI is InChI=1S/C20H24Cl2N2O2/c1-23(2)10-5-11-24(14-15-8-9-17(21)18(22)12-15)20(26)13-16-6-3-4-7-19(16)25/h3-4,6-9,12,25H,5,10-11,13-14H2,1-2H3. The van der Waals surface area contributed by atoms with Gasteiger partial charge in [-0.1, -0.05) is 47.5 Å². The van der Waals surface area contributed by atoms with E-state index in [0.717, 1.165) is 18.5 Å². The van der Waals surface area contributed by atoms with Gasteiger partial charge in [0.1, 0.15) is 5.75 Å². The van der Waals surface area contributed by atoms with Crippen molar-refractivity contribution in [1.29, 1.82) is 0 Å². The van der Waals surface area contributed by atoms with Crippen molar-refractivity contribution in [2.75, 3.05) is 27.2 Å². The first kappa shape index (κ1) is 20.6. The van der Waals surface area contributed by atoms with Gasteiger partial charge in [0, 0.05) is 18.7 Å². The first-order chi connectivity index (χ1) is 12.4. The molecule has 0 aromatic heterocycles. The number of phenols is 1. The Bertz CT molecular complexity index is 750. The summed E-state index contributed by atoms with van der Waals surface area (Å²) < 4.78 is 0. The molecule has 140 valence electrons. The summed E-state index contributed by atoms with van der Waals surface area (Å²) in [7, 11) is 4.01. The molecule has 0 fully saturated rings. The van der Waals surface area contributed by atoms with Crippen LogP contribution in [0.1, 0.15) is 17.5 Å². The number of rotatable bonds is 8. The molecule has 0 saturated heterocycles. The van der Waals surface area contributed by atoms with E-state index in [4.69, 9.17) is 23.2 Å². The Labute approximate surface area is 164 Å². The topological polar surface area (TPSA) is 43.8 Å². The smallest absolute Gasteiger partial charge is 0.227 e. The summed E-state index contributed by atoms with van der Waals surface area (Å²) in [6.07, 6.45) is 1.02. The van der Waals surface area contributed by atoms with Gasteiger partial charge in [-0.25, -0.2) is 0 Å². The van der Waals surface area contributed by atoms with E-state index in [0.29, 0.717) is 28.7 Å². The van der Waals surface area contributed by atoms with Crippen molar-refractivity contribution in [2.24, 2.45) is 0 Å². The maximum Gasteiger partial charge on any atom is 0.227 e. The van der Waals surface area contributed by atoms with Gasteiger partial charge >= 0.3 is 0 Å². The molecule has 2 aromatic carbocycles. The molecule has 26 heavy (non-hydrogen) atoms. The summed E-state index contributed by atoms with van der Waals surface area (Å²) >= 11 is 12.1. The lowest BCUT2D eigenvalue weighted by Gasteiger charge is -2.24. The molecular formula is C20H24Cl2N2O2.